The van der Waals surface area contributed by atoms with Crippen LogP contribution in [0.2, 0.25) is 0 Å². The minimum absolute atomic E-state index is 0.161. The third kappa shape index (κ3) is 27.8. The van der Waals surface area contributed by atoms with Crippen molar-refractivity contribution in [1.29, 1.82) is 0 Å². The molecule has 0 aromatic heterocycles. The van der Waals surface area contributed by atoms with Gasteiger partial charge in [-0.05, 0) is 30.6 Å². The van der Waals surface area contributed by atoms with Crippen LogP contribution in [0.3, 0.4) is 0 Å². The third-order valence-electron chi connectivity index (χ3n) is 4.10. The van der Waals surface area contributed by atoms with Gasteiger partial charge in [-0.25, -0.2) is 0 Å². The fourth-order valence-electron chi connectivity index (χ4n) is 3.02. The van der Waals surface area contributed by atoms with Gasteiger partial charge in [0.1, 0.15) is 0 Å². The van der Waals surface area contributed by atoms with Crippen LogP contribution in [0.15, 0.2) is 0 Å². The van der Waals surface area contributed by atoms with E-state index in [1.165, 1.54) is 51.9 Å². The molecular formula is C22H44O4. The molecule has 0 heterocycles. The van der Waals surface area contributed by atoms with Gasteiger partial charge in [0.25, 0.3) is 0 Å². The second-order valence-corrected chi connectivity index (χ2v) is 8.62. The number of hydrogen-bond acceptors (Lipinski definition) is 3. The van der Waals surface area contributed by atoms with Gasteiger partial charge >= 0.3 is 11.9 Å². The van der Waals surface area contributed by atoms with Gasteiger partial charge in [0.15, 0.2) is 0 Å². The molecule has 0 aromatic rings. The number of carbonyl (C=O) groups excluding carboxylic acids is 1. The standard InChI is InChI=1S/2C11H22O2/c1-9(8-11(2,3)4)6-5-7-10(12)13;1-3-4-5-6-7-8-9-10-13-11(2)12/h9H,5-8H2,1-4H3,(H,12,13);3-10H2,1-2H3. The van der Waals surface area contributed by atoms with E-state index in [1.807, 2.05) is 0 Å². The van der Waals surface area contributed by atoms with Crippen molar-refractivity contribution in [2.75, 3.05) is 6.61 Å². The Balaban J connectivity index is 0. The first-order chi connectivity index (χ1) is 12.1. The molecule has 1 unspecified atom stereocenters. The van der Waals surface area contributed by atoms with E-state index in [9.17, 15) is 9.59 Å². The summed E-state index contributed by atoms with van der Waals surface area (Å²) < 4.78 is 4.83. The quantitative estimate of drug-likeness (QED) is 0.292. The molecule has 0 rings (SSSR count). The average Bonchev–Trinajstić information content (AvgIpc) is 2.48. The summed E-state index contributed by atoms with van der Waals surface area (Å²) in [5, 5.41) is 8.46. The predicted octanol–water partition coefficient (Wildman–Crippen LogP) is 6.61. The van der Waals surface area contributed by atoms with E-state index < -0.39 is 5.97 Å². The molecule has 0 radical (unpaired) electrons. The number of aliphatic carboxylic acids is 1. The highest BCUT2D eigenvalue weighted by Gasteiger charge is 2.15. The lowest BCUT2D eigenvalue weighted by Gasteiger charge is -2.22. The molecule has 0 amide bonds. The van der Waals surface area contributed by atoms with Crippen molar-refractivity contribution in [2.45, 2.75) is 112 Å². The molecule has 4 heteroatoms. The number of carboxylic acid groups (broad SMARTS) is 1. The fraction of sp³-hybridized carbons (Fsp3) is 0.909. The van der Waals surface area contributed by atoms with E-state index in [-0.39, 0.29) is 5.97 Å². The van der Waals surface area contributed by atoms with Gasteiger partial charge in [0, 0.05) is 13.3 Å². The van der Waals surface area contributed by atoms with E-state index in [1.54, 1.807) is 0 Å². The largest absolute Gasteiger partial charge is 0.481 e. The van der Waals surface area contributed by atoms with Gasteiger partial charge in [0.05, 0.1) is 6.61 Å². The lowest BCUT2D eigenvalue weighted by molar-refractivity contribution is -0.141. The Bertz CT molecular complexity index is 345. The second kappa shape index (κ2) is 17.4. The molecule has 156 valence electrons. The van der Waals surface area contributed by atoms with Gasteiger partial charge in [-0.2, -0.15) is 0 Å². The first-order valence-corrected chi connectivity index (χ1v) is 10.4. The van der Waals surface area contributed by atoms with E-state index >= 15 is 0 Å². The number of carbonyl (C=O) groups is 2. The van der Waals surface area contributed by atoms with Crippen LogP contribution in [0.25, 0.3) is 0 Å². The number of ether oxygens (including phenoxy) is 1. The molecule has 0 spiro atoms. The maximum absolute atomic E-state index is 10.4. The zero-order valence-electron chi connectivity index (χ0n) is 18.2. The van der Waals surface area contributed by atoms with E-state index in [0.717, 1.165) is 19.3 Å². The zero-order valence-corrected chi connectivity index (χ0v) is 18.2. The van der Waals surface area contributed by atoms with Crippen molar-refractivity contribution in [3.63, 3.8) is 0 Å². The molecule has 0 aromatic carbocycles. The van der Waals surface area contributed by atoms with Crippen LogP contribution in [0.4, 0.5) is 0 Å². The van der Waals surface area contributed by atoms with Crippen LogP contribution >= 0.6 is 0 Å². The molecule has 0 fully saturated rings. The lowest BCUT2D eigenvalue weighted by Crippen LogP contribution is -2.11. The Labute approximate surface area is 162 Å². The Morgan fingerprint density at radius 1 is 0.962 bits per heavy atom. The molecule has 0 aliphatic heterocycles. The van der Waals surface area contributed by atoms with Crippen LogP contribution in [-0.2, 0) is 14.3 Å². The van der Waals surface area contributed by atoms with Crippen LogP contribution in [0.5, 0.6) is 0 Å². The first-order valence-electron chi connectivity index (χ1n) is 10.4. The molecule has 0 saturated heterocycles. The highest BCUT2D eigenvalue weighted by molar-refractivity contribution is 5.66. The number of carboxylic acids is 1. The molecule has 0 bridgehead atoms. The second-order valence-electron chi connectivity index (χ2n) is 8.62. The van der Waals surface area contributed by atoms with Crippen LogP contribution in [-0.4, -0.2) is 23.7 Å². The molecular weight excluding hydrogens is 328 g/mol. The summed E-state index contributed by atoms with van der Waals surface area (Å²) in [6, 6.07) is 0. The molecule has 0 aliphatic rings. The van der Waals surface area contributed by atoms with E-state index in [0.29, 0.717) is 24.4 Å². The van der Waals surface area contributed by atoms with Gasteiger partial charge in [-0.1, -0.05) is 79.6 Å². The van der Waals surface area contributed by atoms with Crippen molar-refractivity contribution in [3.8, 4) is 0 Å². The summed E-state index contributed by atoms with van der Waals surface area (Å²) in [4.78, 5) is 20.7. The van der Waals surface area contributed by atoms with E-state index in [2.05, 4.69) is 34.6 Å². The molecule has 0 aliphatic carbocycles. The topological polar surface area (TPSA) is 63.6 Å². The molecule has 4 nitrogen and oxygen atoms in total. The Morgan fingerprint density at radius 3 is 1.96 bits per heavy atom. The van der Waals surface area contributed by atoms with Crippen molar-refractivity contribution in [2.24, 2.45) is 11.3 Å². The van der Waals surface area contributed by atoms with Crippen LogP contribution < -0.4 is 0 Å². The SMILES string of the molecule is CC(CCCC(=O)O)CC(C)(C)C.CCCCCCCCCOC(C)=O. The smallest absolute Gasteiger partial charge is 0.303 e. The highest BCUT2D eigenvalue weighted by Crippen LogP contribution is 2.26. The number of hydrogen-bond donors (Lipinski definition) is 1. The summed E-state index contributed by atoms with van der Waals surface area (Å²) in [5.41, 5.74) is 0.364. The Hall–Kier alpha value is -1.06. The maximum atomic E-state index is 10.4. The summed E-state index contributed by atoms with van der Waals surface area (Å²) in [6.45, 7) is 13.2. The molecule has 1 atom stereocenters. The first kappa shape index (κ1) is 27.2. The van der Waals surface area contributed by atoms with Crippen molar-refractivity contribution in [1.82, 2.24) is 0 Å². The summed E-state index contributed by atoms with van der Waals surface area (Å²) >= 11 is 0. The van der Waals surface area contributed by atoms with Crippen LogP contribution in [0, 0.1) is 11.3 Å². The zero-order chi connectivity index (χ0) is 20.4. The normalized spacial score (nSPS) is 12.1. The monoisotopic (exact) mass is 372 g/mol. The summed E-state index contributed by atoms with van der Waals surface area (Å²) in [5.74, 6) is -0.201. The highest BCUT2D eigenvalue weighted by atomic mass is 16.5. The molecule has 0 saturated carbocycles. The maximum Gasteiger partial charge on any atom is 0.303 e. The van der Waals surface area contributed by atoms with Crippen LogP contribution in [0.1, 0.15) is 112 Å². The summed E-state index contributed by atoms with van der Waals surface area (Å²) in [7, 11) is 0. The fourth-order valence-corrected chi connectivity index (χ4v) is 3.02. The van der Waals surface area contributed by atoms with Gasteiger partial charge in [-0.3, -0.25) is 9.59 Å². The predicted molar refractivity (Wildman–Crippen MR) is 109 cm³/mol. The lowest BCUT2D eigenvalue weighted by atomic mass is 9.83. The number of rotatable bonds is 13. The minimum Gasteiger partial charge on any atom is -0.481 e. The Kier molecular flexibility index (Phi) is 18.1. The number of unbranched alkanes of at least 4 members (excludes halogenated alkanes) is 6. The van der Waals surface area contributed by atoms with Crippen molar-refractivity contribution >= 4 is 11.9 Å². The Morgan fingerprint density at radius 2 is 1.50 bits per heavy atom. The minimum atomic E-state index is -0.678. The summed E-state index contributed by atoms with van der Waals surface area (Å²) in [6.07, 6.45) is 12.1. The van der Waals surface area contributed by atoms with E-state index in [4.69, 9.17) is 9.84 Å². The number of esters is 1. The average molecular weight is 373 g/mol. The van der Waals surface area contributed by atoms with Crippen molar-refractivity contribution in [3.05, 3.63) is 0 Å². The van der Waals surface area contributed by atoms with Crippen molar-refractivity contribution < 1.29 is 19.4 Å². The van der Waals surface area contributed by atoms with Gasteiger partial charge in [0.2, 0.25) is 0 Å². The third-order valence-corrected chi connectivity index (χ3v) is 4.10. The molecule has 1 N–H and O–H groups in total. The van der Waals surface area contributed by atoms with Gasteiger partial charge in [-0.15, -0.1) is 0 Å². The van der Waals surface area contributed by atoms with Gasteiger partial charge < -0.3 is 9.84 Å². The molecule has 26 heavy (non-hydrogen) atoms.